The summed E-state index contributed by atoms with van der Waals surface area (Å²) in [5.74, 6) is 3.96. The largest absolute Gasteiger partial charge is 0.356 e. The molecule has 0 aliphatic rings. The highest BCUT2D eigenvalue weighted by Crippen LogP contribution is 2.09. The Bertz CT molecular complexity index is 537. The van der Waals surface area contributed by atoms with Gasteiger partial charge in [-0.25, -0.2) is 0 Å². The molecular formula is C15H20N4OS. The highest BCUT2D eigenvalue weighted by Gasteiger charge is 2.04. The topological polar surface area (TPSA) is 65.5 Å². The first-order chi connectivity index (χ1) is 10.2. The molecule has 112 valence electrons. The second-order valence-electron chi connectivity index (χ2n) is 4.12. The second-order valence-corrected chi connectivity index (χ2v) is 5.10. The summed E-state index contributed by atoms with van der Waals surface area (Å²) in [6.07, 6.45) is 7.36. The van der Waals surface area contributed by atoms with Gasteiger partial charge in [0, 0.05) is 30.6 Å². The number of guanidine groups is 1. The molecule has 1 aromatic carbocycles. The van der Waals surface area contributed by atoms with Crippen molar-refractivity contribution in [2.45, 2.75) is 0 Å². The van der Waals surface area contributed by atoms with Crippen LogP contribution in [-0.4, -0.2) is 44.0 Å². The lowest BCUT2D eigenvalue weighted by Gasteiger charge is -2.11. The maximum Gasteiger partial charge on any atom is 0.243 e. The fraction of sp³-hybridized carbons (Fsp3) is 0.333. The number of hydrogen-bond acceptors (Lipinski definition) is 3. The van der Waals surface area contributed by atoms with Crippen LogP contribution in [0, 0.1) is 12.3 Å². The van der Waals surface area contributed by atoms with E-state index in [9.17, 15) is 4.79 Å². The van der Waals surface area contributed by atoms with Crippen LogP contribution in [0.5, 0.6) is 0 Å². The summed E-state index contributed by atoms with van der Waals surface area (Å²) in [6.45, 7) is 0.936. The minimum Gasteiger partial charge on any atom is -0.356 e. The van der Waals surface area contributed by atoms with Crippen LogP contribution in [0.4, 0.5) is 5.69 Å². The van der Waals surface area contributed by atoms with Gasteiger partial charge in [-0.2, -0.15) is 11.8 Å². The number of anilines is 1. The summed E-state index contributed by atoms with van der Waals surface area (Å²) < 4.78 is 0. The number of carbonyl (C=O) groups is 1. The van der Waals surface area contributed by atoms with E-state index in [1.807, 2.05) is 12.3 Å². The molecule has 1 rings (SSSR count). The van der Waals surface area contributed by atoms with Crippen molar-refractivity contribution in [1.82, 2.24) is 10.6 Å². The number of carbonyl (C=O) groups excluding carboxylic acids is 1. The van der Waals surface area contributed by atoms with Gasteiger partial charge < -0.3 is 16.0 Å². The Morgan fingerprint density at radius 3 is 2.90 bits per heavy atom. The molecule has 0 bridgehead atoms. The molecule has 3 N–H and O–H groups in total. The van der Waals surface area contributed by atoms with Crippen LogP contribution in [0.25, 0.3) is 0 Å². The van der Waals surface area contributed by atoms with E-state index < -0.39 is 0 Å². The van der Waals surface area contributed by atoms with Crippen molar-refractivity contribution < 1.29 is 4.79 Å². The predicted octanol–water partition coefficient (Wildman–Crippen LogP) is 1.13. The SMILES string of the molecule is C#Cc1cccc(NC(=O)CNC(=NC)NCCSC)c1. The molecule has 0 aromatic heterocycles. The summed E-state index contributed by atoms with van der Waals surface area (Å²) in [4.78, 5) is 15.9. The normalized spacial score (nSPS) is 10.6. The maximum atomic E-state index is 11.9. The number of amides is 1. The zero-order valence-electron chi connectivity index (χ0n) is 12.3. The Morgan fingerprint density at radius 2 is 2.24 bits per heavy atom. The van der Waals surface area contributed by atoms with Gasteiger partial charge in [0.25, 0.3) is 0 Å². The molecule has 6 heteroatoms. The van der Waals surface area contributed by atoms with Crippen molar-refractivity contribution in [2.75, 3.05) is 37.5 Å². The van der Waals surface area contributed by atoms with Crippen LogP contribution in [0.1, 0.15) is 5.56 Å². The van der Waals surface area contributed by atoms with E-state index in [2.05, 4.69) is 26.9 Å². The summed E-state index contributed by atoms with van der Waals surface area (Å²) in [5, 5.41) is 8.85. The van der Waals surface area contributed by atoms with E-state index in [-0.39, 0.29) is 12.5 Å². The Morgan fingerprint density at radius 1 is 1.43 bits per heavy atom. The third kappa shape index (κ3) is 6.72. The lowest BCUT2D eigenvalue weighted by molar-refractivity contribution is -0.115. The fourth-order valence-corrected chi connectivity index (χ4v) is 1.85. The summed E-state index contributed by atoms with van der Waals surface area (Å²) >= 11 is 1.74. The maximum absolute atomic E-state index is 11.9. The Balaban J connectivity index is 2.41. The number of rotatable bonds is 6. The van der Waals surface area contributed by atoms with E-state index in [1.54, 1.807) is 37.0 Å². The van der Waals surface area contributed by atoms with Crippen molar-refractivity contribution in [3.63, 3.8) is 0 Å². The molecule has 5 nitrogen and oxygen atoms in total. The number of nitrogens with zero attached hydrogens (tertiary/aromatic N) is 1. The molecular weight excluding hydrogens is 284 g/mol. The molecule has 0 radical (unpaired) electrons. The van der Waals surface area contributed by atoms with E-state index in [4.69, 9.17) is 6.42 Å². The molecule has 1 aromatic rings. The van der Waals surface area contributed by atoms with Crippen molar-refractivity contribution in [3.8, 4) is 12.3 Å². The molecule has 0 saturated heterocycles. The van der Waals surface area contributed by atoms with E-state index >= 15 is 0 Å². The zero-order chi connectivity index (χ0) is 15.5. The monoisotopic (exact) mass is 304 g/mol. The van der Waals surface area contributed by atoms with Gasteiger partial charge in [0.05, 0.1) is 6.54 Å². The van der Waals surface area contributed by atoms with E-state index in [0.29, 0.717) is 11.6 Å². The first-order valence-corrected chi connectivity index (χ1v) is 7.89. The molecule has 0 fully saturated rings. The first kappa shape index (κ1) is 16.9. The molecule has 0 spiro atoms. The Kier molecular flexibility index (Phi) is 7.84. The fourth-order valence-electron chi connectivity index (χ4n) is 1.55. The van der Waals surface area contributed by atoms with Crippen LogP contribution in [0.2, 0.25) is 0 Å². The molecule has 0 aliphatic heterocycles. The highest BCUT2D eigenvalue weighted by atomic mass is 32.2. The molecule has 0 aliphatic carbocycles. The number of aliphatic imine (C=N–C) groups is 1. The van der Waals surface area contributed by atoms with E-state index in [1.165, 1.54) is 0 Å². The zero-order valence-corrected chi connectivity index (χ0v) is 13.1. The smallest absolute Gasteiger partial charge is 0.243 e. The van der Waals surface area contributed by atoms with Crippen molar-refractivity contribution in [3.05, 3.63) is 29.8 Å². The van der Waals surface area contributed by atoms with Gasteiger partial charge in [-0.05, 0) is 24.5 Å². The average Bonchev–Trinajstić information content (AvgIpc) is 2.51. The van der Waals surface area contributed by atoms with Crippen molar-refractivity contribution in [2.24, 2.45) is 4.99 Å². The third-order valence-electron chi connectivity index (χ3n) is 2.55. The Hall–Kier alpha value is -2.13. The van der Waals surface area contributed by atoms with Crippen LogP contribution in [-0.2, 0) is 4.79 Å². The minimum atomic E-state index is -0.156. The number of thioether (sulfide) groups is 1. The van der Waals surface area contributed by atoms with Gasteiger partial charge in [-0.1, -0.05) is 12.0 Å². The molecule has 1 amide bonds. The van der Waals surface area contributed by atoms with Gasteiger partial charge in [0.15, 0.2) is 5.96 Å². The highest BCUT2D eigenvalue weighted by molar-refractivity contribution is 7.98. The van der Waals surface area contributed by atoms with Gasteiger partial charge in [0.1, 0.15) is 0 Å². The Labute approximate surface area is 130 Å². The number of benzene rings is 1. The molecule has 0 unspecified atom stereocenters. The standard InChI is InChI=1S/C15H20N4OS/c1-4-12-6-5-7-13(10-12)19-14(20)11-18-15(16-2)17-8-9-21-3/h1,5-7,10H,8-9,11H2,2-3H3,(H,19,20)(H2,16,17,18). The average molecular weight is 304 g/mol. The third-order valence-corrected chi connectivity index (χ3v) is 3.16. The molecule has 0 saturated carbocycles. The van der Waals surface area contributed by atoms with Crippen LogP contribution < -0.4 is 16.0 Å². The molecule has 0 heterocycles. The van der Waals surface area contributed by atoms with E-state index in [0.717, 1.165) is 17.9 Å². The summed E-state index contributed by atoms with van der Waals surface area (Å²) in [5.41, 5.74) is 1.41. The minimum absolute atomic E-state index is 0.138. The molecule has 0 atom stereocenters. The number of hydrogen-bond donors (Lipinski definition) is 3. The van der Waals surface area contributed by atoms with Gasteiger partial charge in [-0.15, -0.1) is 6.42 Å². The number of terminal acetylenes is 1. The molecule has 21 heavy (non-hydrogen) atoms. The van der Waals surface area contributed by atoms with Crippen LogP contribution in [0.15, 0.2) is 29.3 Å². The van der Waals surface area contributed by atoms with Crippen LogP contribution >= 0.6 is 11.8 Å². The quantitative estimate of drug-likeness (QED) is 0.319. The predicted molar refractivity (Wildman–Crippen MR) is 90.8 cm³/mol. The second kappa shape index (κ2) is 9.72. The van der Waals surface area contributed by atoms with Crippen molar-refractivity contribution >= 4 is 29.3 Å². The number of nitrogens with one attached hydrogen (secondary N) is 3. The first-order valence-electron chi connectivity index (χ1n) is 6.49. The lowest BCUT2D eigenvalue weighted by Crippen LogP contribution is -2.42. The summed E-state index contributed by atoms with van der Waals surface area (Å²) in [7, 11) is 1.67. The summed E-state index contributed by atoms with van der Waals surface area (Å²) in [6, 6.07) is 7.17. The van der Waals surface area contributed by atoms with Gasteiger partial charge in [-0.3, -0.25) is 9.79 Å². The van der Waals surface area contributed by atoms with Gasteiger partial charge >= 0.3 is 0 Å². The van der Waals surface area contributed by atoms with Crippen molar-refractivity contribution in [1.29, 1.82) is 0 Å². The van der Waals surface area contributed by atoms with Crippen LogP contribution in [0.3, 0.4) is 0 Å². The lowest BCUT2D eigenvalue weighted by atomic mass is 10.2. The van der Waals surface area contributed by atoms with Gasteiger partial charge in [0.2, 0.25) is 5.91 Å².